The third kappa shape index (κ3) is 13.7. The first-order valence-electron chi connectivity index (χ1n) is 27.0. The van der Waals surface area contributed by atoms with Crippen molar-refractivity contribution in [2.45, 2.75) is 141 Å². The highest BCUT2D eigenvalue weighted by Crippen LogP contribution is 2.62. The molecule has 6 aliphatic heterocycles. The Morgan fingerprint density at radius 2 is 0.938 bits per heavy atom. The molecule has 18 unspecified atom stereocenters. The molecule has 0 amide bonds. The number of carbonyl (C=O) groups excluding carboxylic acids is 11. The molecule has 8 bridgehead atoms. The summed E-state index contributed by atoms with van der Waals surface area (Å²) in [5, 5.41) is 0. The quantitative estimate of drug-likeness (QED) is 0.101. The van der Waals surface area contributed by atoms with E-state index in [-0.39, 0.29) is 170 Å². The van der Waals surface area contributed by atoms with E-state index in [0.29, 0.717) is 17.6 Å². The van der Waals surface area contributed by atoms with Gasteiger partial charge in [-0.1, -0.05) is 26.3 Å². The molecule has 0 N–H and O–H groups in total. The molecule has 0 radical (unpaired) electrons. The van der Waals surface area contributed by atoms with Gasteiger partial charge in [-0.3, -0.25) is 28.8 Å². The highest BCUT2D eigenvalue weighted by Gasteiger charge is 2.70. The molecule has 6 heterocycles. The molecule has 23 heteroatoms. The van der Waals surface area contributed by atoms with Crippen molar-refractivity contribution < 1.29 is 110 Å². The van der Waals surface area contributed by atoms with Gasteiger partial charge in [0.25, 0.3) is 0 Å². The van der Waals surface area contributed by atoms with Gasteiger partial charge >= 0.3 is 59.7 Å². The lowest BCUT2D eigenvalue weighted by Crippen LogP contribution is -2.40. The van der Waals surface area contributed by atoms with E-state index in [9.17, 15) is 52.7 Å². The Hall–Kier alpha value is -6.75. The minimum Gasteiger partial charge on any atom is -0.469 e. The van der Waals surface area contributed by atoms with Gasteiger partial charge in [0.2, 0.25) is 0 Å². The van der Waals surface area contributed by atoms with Crippen LogP contribution in [0.2, 0.25) is 0 Å². The van der Waals surface area contributed by atoms with Gasteiger partial charge in [0.1, 0.15) is 37.6 Å². The number of hydrogen-bond donors (Lipinski definition) is 0. The van der Waals surface area contributed by atoms with E-state index in [1.165, 1.54) is 28.1 Å². The summed E-state index contributed by atoms with van der Waals surface area (Å²) in [5.41, 5.74) is 1.14. The first kappa shape index (κ1) is 60.9. The summed E-state index contributed by atoms with van der Waals surface area (Å²) in [6.07, 6.45) is 6.91. The van der Waals surface area contributed by atoms with Crippen LogP contribution in [0.25, 0.3) is 0 Å². The van der Waals surface area contributed by atoms with Crippen LogP contribution >= 0.6 is 0 Å². The number of ketones is 1. The van der Waals surface area contributed by atoms with Crippen molar-refractivity contribution in [1.82, 2.24) is 0 Å². The molecule has 10 rings (SSSR count). The van der Waals surface area contributed by atoms with Crippen LogP contribution in [0, 0.1) is 59.2 Å². The molecule has 80 heavy (non-hydrogen) atoms. The summed E-state index contributed by atoms with van der Waals surface area (Å²) in [7, 11) is 2.62. The second kappa shape index (κ2) is 26.2. The number of methoxy groups -OCH3 is 2. The monoisotopic (exact) mass is 1120 g/mol. The summed E-state index contributed by atoms with van der Waals surface area (Å²) >= 11 is 0. The first-order chi connectivity index (χ1) is 37.9. The number of ether oxygens (including phenoxy) is 12. The molecule has 10 fully saturated rings. The number of rotatable bonds is 19. The maximum absolute atomic E-state index is 12.1. The Kier molecular flexibility index (Phi) is 20.0. The van der Waals surface area contributed by atoms with Crippen molar-refractivity contribution in [3.63, 3.8) is 0 Å². The van der Waals surface area contributed by atoms with E-state index >= 15 is 0 Å². The first-order valence-corrected chi connectivity index (χ1v) is 27.0. The average Bonchev–Trinajstić information content (AvgIpc) is 4.06. The number of carbonyl (C=O) groups is 11. The zero-order chi connectivity index (χ0) is 58.4. The lowest BCUT2D eigenvalue weighted by Gasteiger charge is -2.29. The molecule has 18 atom stereocenters. The van der Waals surface area contributed by atoms with Gasteiger partial charge in [0, 0.05) is 65.2 Å². The molecule has 23 nitrogen and oxygen atoms in total. The zero-order valence-electron chi connectivity index (χ0n) is 46.0. The van der Waals surface area contributed by atoms with Gasteiger partial charge in [0.05, 0.1) is 75.3 Å². The van der Waals surface area contributed by atoms with E-state index in [1.54, 1.807) is 13.8 Å². The Labute approximate surface area is 463 Å². The highest BCUT2D eigenvalue weighted by molar-refractivity contribution is 5.91. The fraction of sp³-hybridized carbons (Fsp3) is 0.667. The van der Waals surface area contributed by atoms with Crippen LogP contribution in [0.15, 0.2) is 48.6 Å². The smallest absolute Gasteiger partial charge is 0.344 e. The van der Waals surface area contributed by atoms with Crippen molar-refractivity contribution in [2.24, 2.45) is 59.2 Å². The standard InChI is InChI=1S/C17H20O7.C15H18O6.C13H18O5.C12H16O5/c1-7(2)15(19)23-6-8(18)4-10-9-5-11-13(12(9)16(20)22-3)17(21)24-14(10)11;1-6(2)13(16)20-5-9-7-4-8-11(10(7)14(17)19-3)15(18)21-12(8)9;1-8(2)13(15)16-6-5-12(14)18-11-7-9-3-4-10(11)17-9;1-7(2)12(14)15-6-11(13)17-10-5-8-3-4-9(10)16-8/h9-14H,1,4-6H2,2-3H3;7-12H,1,4-5H2,2-3H3;9-11H,1,3-7H2,2H3;8-10H,1,3-6H2,2H3. The minimum atomic E-state index is -0.615. The van der Waals surface area contributed by atoms with Gasteiger partial charge in [-0.25, -0.2) is 24.0 Å². The van der Waals surface area contributed by atoms with Crippen molar-refractivity contribution in [2.75, 3.05) is 40.6 Å². The molecule has 0 spiro atoms. The second-order valence-electron chi connectivity index (χ2n) is 22.2. The zero-order valence-corrected chi connectivity index (χ0v) is 46.0. The summed E-state index contributed by atoms with van der Waals surface area (Å²) in [4.78, 5) is 128. The van der Waals surface area contributed by atoms with Crippen LogP contribution in [-0.2, 0) is 110 Å². The fourth-order valence-electron chi connectivity index (χ4n) is 13.1. The van der Waals surface area contributed by atoms with Gasteiger partial charge in [-0.2, -0.15) is 0 Å². The average molecular weight is 1130 g/mol. The lowest BCUT2D eigenvalue weighted by molar-refractivity contribution is -0.162. The van der Waals surface area contributed by atoms with Crippen molar-refractivity contribution in [3.8, 4) is 0 Å². The van der Waals surface area contributed by atoms with E-state index in [1.807, 2.05) is 0 Å². The maximum Gasteiger partial charge on any atom is 0.344 e. The van der Waals surface area contributed by atoms with Crippen LogP contribution in [0.4, 0.5) is 0 Å². The molecule has 438 valence electrons. The van der Waals surface area contributed by atoms with Crippen LogP contribution in [-0.4, -0.2) is 155 Å². The second-order valence-corrected chi connectivity index (χ2v) is 22.2. The minimum absolute atomic E-state index is 0.0256. The van der Waals surface area contributed by atoms with Gasteiger partial charge < -0.3 is 56.8 Å². The lowest BCUT2D eigenvalue weighted by atomic mass is 9.72. The van der Waals surface area contributed by atoms with Crippen molar-refractivity contribution >= 4 is 65.5 Å². The van der Waals surface area contributed by atoms with E-state index in [2.05, 4.69) is 26.3 Å². The topological polar surface area (TPSA) is 299 Å². The van der Waals surface area contributed by atoms with Crippen LogP contribution < -0.4 is 0 Å². The predicted molar refractivity (Wildman–Crippen MR) is 270 cm³/mol. The highest BCUT2D eigenvalue weighted by atomic mass is 16.6. The molecule has 0 aromatic heterocycles. The summed E-state index contributed by atoms with van der Waals surface area (Å²) in [5.74, 6) is -7.07. The fourth-order valence-corrected chi connectivity index (χ4v) is 13.1. The molecule has 6 saturated heterocycles. The number of fused-ring (bicyclic) bond motifs is 6. The third-order valence-corrected chi connectivity index (χ3v) is 16.6. The number of hydrogen-bond acceptors (Lipinski definition) is 23. The third-order valence-electron chi connectivity index (χ3n) is 16.6. The molecule has 4 aliphatic carbocycles. The molecule has 0 aromatic rings. The molecular weight excluding hydrogens is 1050 g/mol. The van der Waals surface area contributed by atoms with Gasteiger partial charge in [-0.15, -0.1) is 0 Å². The van der Waals surface area contributed by atoms with Crippen LogP contribution in [0.3, 0.4) is 0 Å². The van der Waals surface area contributed by atoms with E-state index < -0.39 is 53.6 Å². The van der Waals surface area contributed by atoms with Crippen molar-refractivity contribution in [1.29, 1.82) is 0 Å². The summed E-state index contributed by atoms with van der Waals surface area (Å²) < 4.78 is 61.7. The SMILES string of the molecule is C=C(C)C(=O)OCC(=O)CC1C2CC3C1OC(=O)C3C2C(=O)OC.C=C(C)C(=O)OCC(=O)OC1CC2CCC1O2.C=C(C)C(=O)OCC1C2CC3C1OC(=O)C3C2C(=O)OC.C=C(C)C(=O)OCCC(=O)OC1CC2CCC1O2. The van der Waals surface area contributed by atoms with Crippen LogP contribution in [0.1, 0.15) is 91.9 Å². The molecule has 4 saturated carbocycles. The summed E-state index contributed by atoms with van der Waals surface area (Å²) in [6, 6.07) is 0. The predicted octanol–water partition coefficient (Wildman–Crippen LogP) is 3.69. The molecule has 0 aromatic carbocycles. The Morgan fingerprint density at radius 3 is 1.38 bits per heavy atom. The van der Waals surface area contributed by atoms with Crippen LogP contribution in [0.5, 0.6) is 0 Å². The van der Waals surface area contributed by atoms with E-state index in [0.717, 1.165) is 44.9 Å². The molecular formula is C57H72O23. The normalized spacial score (nSPS) is 33.8. The Balaban J connectivity index is 0.000000155. The molecule has 10 aliphatic rings. The number of Topliss-reactive ketones (excluding diaryl/α,β-unsaturated/α-hetero) is 1. The Morgan fingerprint density at radius 1 is 0.512 bits per heavy atom. The largest absolute Gasteiger partial charge is 0.469 e. The maximum atomic E-state index is 12.1. The van der Waals surface area contributed by atoms with Gasteiger partial charge in [-0.05, 0) is 78.1 Å². The van der Waals surface area contributed by atoms with Gasteiger partial charge in [0.15, 0.2) is 12.4 Å². The van der Waals surface area contributed by atoms with Crippen molar-refractivity contribution in [3.05, 3.63) is 48.6 Å². The number of esters is 10. The van der Waals surface area contributed by atoms with E-state index in [4.69, 9.17) is 56.8 Å². The Bertz CT molecular complexity index is 2530. The summed E-state index contributed by atoms with van der Waals surface area (Å²) in [6.45, 7) is 19.5.